The summed E-state index contributed by atoms with van der Waals surface area (Å²) in [6.45, 7) is 2.06. The van der Waals surface area contributed by atoms with Crippen LogP contribution in [0.2, 0.25) is 10.0 Å². The molecule has 0 saturated heterocycles. The number of fused-ring (bicyclic) bond motifs is 1. The number of ether oxygens (including phenoxy) is 1. The second kappa shape index (κ2) is 11.8. The van der Waals surface area contributed by atoms with Gasteiger partial charge in [-0.1, -0.05) is 71.8 Å². The van der Waals surface area contributed by atoms with Crippen molar-refractivity contribution in [3.63, 3.8) is 0 Å². The minimum atomic E-state index is -3.79. The van der Waals surface area contributed by atoms with Gasteiger partial charge in [0.05, 0.1) is 32.3 Å². The molecule has 0 bridgehead atoms. The van der Waals surface area contributed by atoms with Crippen LogP contribution in [0.3, 0.4) is 0 Å². The van der Waals surface area contributed by atoms with E-state index >= 15 is 0 Å². The number of esters is 1. The number of carbonyl (C=O) groups excluding carboxylic acids is 2. The highest BCUT2D eigenvalue weighted by Crippen LogP contribution is 2.32. The van der Waals surface area contributed by atoms with Gasteiger partial charge < -0.3 is 9.30 Å². The van der Waals surface area contributed by atoms with Crippen molar-refractivity contribution in [2.75, 3.05) is 13.7 Å². The van der Waals surface area contributed by atoms with Crippen LogP contribution < -0.4 is 4.80 Å². The molecule has 4 rings (SSSR count). The van der Waals surface area contributed by atoms with Gasteiger partial charge in [-0.05, 0) is 42.0 Å². The summed E-state index contributed by atoms with van der Waals surface area (Å²) in [6.07, 6.45) is 0. The van der Waals surface area contributed by atoms with Crippen molar-refractivity contribution in [3.8, 4) is 0 Å². The highest BCUT2D eigenvalue weighted by atomic mass is 35.5. The van der Waals surface area contributed by atoms with Gasteiger partial charge in [0.2, 0.25) is 10.0 Å². The molecule has 1 amide bonds. The van der Waals surface area contributed by atoms with Crippen LogP contribution in [0.5, 0.6) is 0 Å². The summed E-state index contributed by atoms with van der Waals surface area (Å²) in [5.74, 6) is -1.17. The average Bonchev–Trinajstić information content (AvgIpc) is 3.26. The van der Waals surface area contributed by atoms with Gasteiger partial charge in [0, 0.05) is 18.7 Å². The third-order valence-corrected chi connectivity index (χ3v) is 9.51. The maximum Gasteiger partial charge on any atom is 0.325 e. The van der Waals surface area contributed by atoms with E-state index in [9.17, 15) is 18.0 Å². The summed E-state index contributed by atoms with van der Waals surface area (Å²) in [6, 6.07) is 18.2. The number of halogens is 2. The first-order valence-electron chi connectivity index (χ1n) is 11.4. The number of thiazole rings is 1. The normalized spacial score (nSPS) is 12.3. The molecule has 0 radical (unpaired) electrons. The number of aromatic nitrogens is 1. The Morgan fingerprint density at radius 2 is 1.71 bits per heavy atom. The minimum absolute atomic E-state index is 0.0656. The lowest BCUT2D eigenvalue weighted by molar-refractivity contribution is -0.141. The Morgan fingerprint density at radius 3 is 2.34 bits per heavy atom. The largest absolute Gasteiger partial charge is 0.468 e. The van der Waals surface area contributed by atoms with Crippen LogP contribution in [0.25, 0.3) is 10.2 Å². The summed E-state index contributed by atoms with van der Waals surface area (Å²) in [5, 5.41) is 0.516. The molecule has 12 heteroatoms. The Hall–Kier alpha value is -3.02. The Morgan fingerprint density at radius 1 is 1.03 bits per heavy atom. The van der Waals surface area contributed by atoms with Gasteiger partial charge in [0.25, 0.3) is 5.91 Å². The third kappa shape index (κ3) is 5.84. The minimum Gasteiger partial charge on any atom is -0.468 e. The van der Waals surface area contributed by atoms with Crippen molar-refractivity contribution in [1.82, 2.24) is 8.87 Å². The Kier molecular flexibility index (Phi) is 8.69. The van der Waals surface area contributed by atoms with E-state index in [1.807, 2.05) is 30.3 Å². The lowest BCUT2D eigenvalue weighted by atomic mass is 10.2. The number of hydrogen-bond donors (Lipinski definition) is 0. The standard InChI is InChI=1S/C26H23Cl2N3O5S2/c1-3-30(15-17-7-5-4-6-8-17)38(34,35)19-11-9-18(10-12-19)25(33)29-26-31(16-22(32)36-2)24-21(37-26)14-13-20(27)23(24)28/h4-14H,3,15-16H2,1-2H3. The fourth-order valence-electron chi connectivity index (χ4n) is 3.75. The lowest BCUT2D eigenvalue weighted by Crippen LogP contribution is -2.30. The van der Waals surface area contributed by atoms with Gasteiger partial charge >= 0.3 is 5.97 Å². The molecule has 0 saturated carbocycles. The second-order valence-electron chi connectivity index (χ2n) is 8.11. The number of rotatable bonds is 8. The summed E-state index contributed by atoms with van der Waals surface area (Å²) in [5.41, 5.74) is 1.51. The van der Waals surface area contributed by atoms with Gasteiger partial charge in [-0.3, -0.25) is 9.59 Å². The Bertz CT molecular complexity index is 1670. The van der Waals surface area contributed by atoms with E-state index < -0.39 is 21.9 Å². The molecule has 1 aromatic heterocycles. The molecule has 0 N–H and O–H groups in total. The molecule has 0 atom stereocenters. The molecule has 0 spiro atoms. The molecule has 0 aliphatic heterocycles. The van der Waals surface area contributed by atoms with Crippen molar-refractivity contribution in [2.45, 2.75) is 24.9 Å². The monoisotopic (exact) mass is 591 g/mol. The van der Waals surface area contributed by atoms with Gasteiger partial charge in [-0.15, -0.1) is 0 Å². The van der Waals surface area contributed by atoms with Gasteiger partial charge in [0.1, 0.15) is 6.54 Å². The topological polar surface area (TPSA) is 98.0 Å². The quantitative estimate of drug-likeness (QED) is 0.264. The predicted octanol–water partition coefficient (Wildman–Crippen LogP) is 5.13. The average molecular weight is 593 g/mol. The van der Waals surface area contributed by atoms with Crippen molar-refractivity contribution < 1.29 is 22.7 Å². The zero-order valence-electron chi connectivity index (χ0n) is 20.4. The van der Waals surface area contributed by atoms with Crippen molar-refractivity contribution in [1.29, 1.82) is 0 Å². The third-order valence-electron chi connectivity index (χ3n) is 5.74. The van der Waals surface area contributed by atoms with E-state index in [-0.39, 0.29) is 39.9 Å². The molecule has 1 heterocycles. The molecule has 3 aromatic carbocycles. The van der Waals surface area contributed by atoms with Gasteiger partial charge in [0.15, 0.2) is 4.80 Å². The lowest BCUT2D eigenvalue weighted by Gasteiger charge is -2.20. The number of amides is 1. The zero-order valence-corrected chi connectivity index (χ0v) is 23.6. The first-order valence-corrected chi connectivity index (χ1v) is 14.4. The maximum atomic E-state index is 13.2. The number of carbonyl (C=O) groups is 2. The first kappa shape index (κ1) is 28.0. The number of benzene rings is 3. The van der Waals surface area contributed by atoms with Crippen molar-refractivity contribution in [3.05, 3.63) is 92.7 Å². The zero-order chi connectivity index (χ0) is 27.4. The van der Waals surface area contributed by atoms with Crippen LogP contribution in [0.15, 0.2) is 76.6 Å². The highest BCUT2D eigenvalue weighted by molar-refractivity contribution is 7.89. The van der Waals surface area contributed by atoms with Crippen LogP contribution in [0.1, 0.15) is 22.8 Å². The molecular formula is C26H23Cl2N3O5S2. The molecule has 198 valence electrons. The molecule has 4 aromatic rings. The van der Waals surface area contributed by atoms with E-state index in [0.717, 1.165) is 16.9 Å². The smallest absolute Gasteiger partial charge is 0.325 e. The summed E-state index contributed by atoms with van der Waals surface area (Å²) in [4.78, 5) is 29.6. The fourth-order valence-corrected chi connectivity index (χ4v) is 6.70. The Balaban J connectivity index is 1.66. The molecule has 0 aliphatic carbocycles. The summed E-state index contributed by atoms with van der Waals surface area (Å²) in [7, 11) is -2.54. The maximum absolute atomic E-state index is 13.2. The van der Waals surface area contributed by atoms with E-state index in [2.05, 4.69) is 4.99 Å². The predicted molar refractivity (Wildman–Crippen MR) is 148 cm³/mol. The van der Waals surface area contributed by atoms with Crippen LogP contribution >= 0.6 is 34.5 Å². The number of sulfonamides is 1. The molecule has 8 nitrogen and oxygen atoms in total. The summed E-state index contributed by atoms with van der Waals surface area (Å²) >= 11 is 13.7. The molecular weight excluding hydrogens is 569 g/mol. The van der Waals surface area contributed by atoms with E-state index in [0.29, 0.717) is 15.2 Å². The second-order valence-corrected chi connectivity index (χ2v) is 11.8. The number of nitrogens with zero attached hydrogens (tertiary/aromatic N) is 3. The summed E-state index contributed by atoms with van der Waals surface area (Å²) < 4.78 is 34.7. The Labute approximate surface area is 233 Å². The molecule has 0 fully saturated rings. The molecule has 38 heavy (non-hydrogen) atoms. The van der Waals surface area contributed by atoms with Crippen LogP contribution in [0, 0.1) is 0 Å². The first-order chi connectivity index (χ1) is 18.1. The van der Waals surface area contributed by atoms with E-state index in [1.54, 1.807) is 19.1 Å². The van der Waals surface area contributed by atoms with Gasteiger partial charge in [-0.2, -0.15) is 9.30 Å². The van der Waals surface area contributed by atoms with E-state index in [4.69, 9.17) is 27.9 Å². The molecule has 0 unspecified atom stereocenters. The number of methoxy groups -OCH3 is 1. The SMILES string of the molecule is CCN(Cc1ccccc1)S(=O)(=O)c1ccc(C(=O)N=c2sc3ccc(Cl)c(Cl)c3n2CC(=O)OC)cc1. The van der Waals surface area contributed by atoms with Crippen LogP contribution in [-0.2, 0) is 32.6 Å². The van der Waals surface area contributed by atoms with E-state index in [1.165, 1.54) is 40.2 Å². The fraction of sp³-hybridized carbons (Fsp3) is 0.192. The van der Waals surface area contributed by atoms with Crippen LogP contribution in [0.4, 0.5) is 0 Å². The van der Waals surface area contributed by atoms with Gasteiger partial charge in [-0.25, -0.2) is 8.42 Å². The number of hydrogen-bond acceptors (Lipinski definition) is 6. The van der Waals surface area contributed by atoms with Crippen LogP contribution in [-0.4, -0.2) is 42.8 Å². The van der Waals surface area contributed by atoms with Crippen molar-refractivity contribution >= 4 is 66.7 Å². The van der Waals surface area contributed by atoms with Crippen molar-refractivity contribution in [2.24, 2.45) is 4.99 Å². The molecule has 0 aliphatic rings. The highest BCUT2D eigenvalue weighted by Gasteiger charge is 2.24.